The Bertz CT molecular complexity index is 926. The standard InChI is InChI=1S/C19H22N6O2/c1-25(2)6-5-21-18(26)13-8-15(22-11-13)7-12-10-23-17-4-3-14(9-16(12)17)24-19(20)27/h3-4,7-11,22H,5-6H2,1-2H3,(H,21,26)(H3,20,24,27). The molecule has 8 heteroatoms. The predicted molar refractivity (Wildman–Crippen MR) is 107 cm³/mol. The summed E-state index contributed by atoms with van der Waals surface area (Å²) in [4.78, 5) is 32.7. The Morgan fingerprint density at radius 2 is 2.11 bits per heavy atom. The van der Waals surface area contributed by atoms with Crippen molar-refractivity contribution in [2.45, 2.75) is 0 Å². The monoisotopic (exact) mass is 366 g/mol. The summed E-state index contributed by atoms with van der Waals surface area (Å²) in [7, 11) is 3.91. The Morgan fingerprint density at radius 3 is 2.85 bits per heavy atom. The smallest absolute Gasteiger partial charge is 0.316 e. The van der Waals surface area contributed by atoms with Crippen LogP contribution in [0.25, 0.3) is 11.6 Å². The number of likely N-dealkylation sites (N-methyl/N-ethyl adjacent to an activating group) is 1. The summed E-state index contributed by atoms with van der Waals surface area (Å²) < 4.78 is 0. The van der Waals surface area contributed by atoms with Gasteiger partial charge < -0.3 is 26.3 Å². The van der Waals surface area contributed by atoms with Crippen molar-refractivity contribution in [2.75, 3.05) is 32.5 Å². The lowest BCUT2D eigenvalue weighted by molar-refractivity contribution is 0.0951. The third-order valence-electron chi connectivity index (χ3n) is 4.04. The van der Waals surface area contributed by atoms with Crippen LogP contribution >= 0.6 is 0 Å². The number of aliphatic imine (C=N–C) groups is 1. The van der Waals surface area contributed by atoms with E-state index in [1.54, 1.807) is 24.5 Å². The van der Waals surface area contributed by atoms with Crippen LogP contribution in [-0.4, -0.2) is 55.2 Å². The second-order valence-electron chi connectivity index (χ2n) is 6.48. The SMILES string of the molecule is CN(C)CCNC(=O)c1c[nH]c(C=C2C=Nc3ccc(NC(N)=O)cc32)c1. The van der Waals surface area contributed by atoms with Crippen LogP contribution in [0.15, 0.2) is 35.5 Å². The maximum absolute atomic E-state index is 12.2. The number of benzene rings is 1. The van der Waals surface area contributed by atoms with Gasteiger partial charge in [0.05, 0.1) is 11.3 Å². The fourth-order valence-corrected chi connectivity index (χ4v) is 2.71. The first-order chi connectivity index (χ1) is 12.9. The number of nitrogens with one attached hydrogen (secondary N) is 3. The third kappa shape index (κ3) is 4.62. The minimum atomic E-state index is -0.617. The molecule has 0 unspecified atom stereocenters. The molecule has 1 aromatic carbocycles. The number of aromatic amines is 1. The van der Waals surface area contributed by atoms with Crippen LogP contribution in [-0.2, 0) is 0 Å². The molecule has 5 N–H and O–H groups in total. The molecule has 3 amide bonds. The lowest BCUT2D eigenvalue weighted by atomic mass is 10.1. The van der Waals surface area contributed by atoms with E-state index in [2.05, 4.69) is 20.6 Å². The van der Waals surface area contributed by atoms with Crippen LogP contribution in [0.3, 0.4) is 0 Å². The highest BCUT2D eigenvalue weighted by atomic mass is 16.2. The number of carbonyl (C=O) groups excluding carboxylic acids is 2. The minimum Gasteiger partial charge on any atom is -0.361 e. The summed E-state index contributed by atoms with van der Waals surface area (Å²) in [5.41, 5.74) is 9.69. The van der Waals surface area contributed by atoms with E-state index in [1.165, 1.54) is 0 Å². The summed E-state index contributed by atoms with van der Waals surface area (Å²) in [6.45, 7) is 1.37. The average Bonchev–Trinajstić information content (AvgIpc) is 3.22. The summed E-state index contributed by atoms with van der Waals surface area (Å²) in [6.07, 6.45) is 5.33. The van der Waals surface area contributed by atoms with Gasteiger partial charge in [0.1, 0.15) is 0 Å². The van der Waals surface area contributed by atoms with E-state index in [1.807, 2.05) is 37.2 Å². The molecule has 0 saturated carbocycles. The van der Waals surface area contributed by atoms with Gasteiger partial charge in [-0.3, -0.25) is 9.79 Å². The molecular weight excluding hydrogens is 344 g/mol. The molecule has 2 aromatic rings. The van der Waals surface area contributed by atoms with Crippen molar-refractivity contribution < 1.29 is 9.59 Å². The highest BCUT2D eigenvalue weighted by molar-refractivity contribution is 6.21. The van der Waals surface area contributed by atoms with Gasteiger partial charge in [-0.25, -0.2) is 4.79 Å². The van der Waals surface area contributed by atoms with Crippen LogP contribution in [0, 0.1) is 0 Å². The number of hydrogen-bond donors (Lipinski definition) is 4. The molecule has 1 aliphatic rings. The maximum atomic E-state index is 12.2. The number of primary amides is 1. The van der Waals surface area contributed by atoms with Gasteiger partial charge in [0, 0.05) is 48.0 Å². The van der Waals surface area contributed by atoms with E-state index in [-0.39, 0.29) is 5.91 Å². The van der Waals surface area contributed by atoms with E-state index in [0.29, 0.717) is 17.8 Å². The summed E-state index contributed by atoms with van der Waals surface area (Å²) in [6, 6.07) is 6.55. The Kier molecular flexibility index (Phi) is 5.37. The number of carbonyl (C=O) groups is 2. The molecule has 140 valence electrons. The largest absolute Gasteiger partial charge is 0.361 e. The van der Waals surface area contributed by atoms with Crippen molar-refractivity contribution in [1.29, 1.82) is 0 Å². The number of hydrogen-bond acceptors (Lipinski definition) is 4. The van der Waals surface area contributed by atoms with Gasteiger partial charge in [-0.2, -0.15) is 0 Å². The van der Waals surface area contributed by atoms with Gasteiger partial charge in [-0.05, 0) is 44.4 Å². The molecule has 0 fully saturated rings. The Labute approximate surface area is 157 Å². The highest BCUT2D eigenvalue weighted by Gasteiger charge is 2.14. The number of anilines is 1. The number of urea groups is 1. The molecule has 0 atom stereocenters. The number of allylic oxidation sites excluding steroid dienone is 1. The maximum Gasteiger partial charge on any atom is 0.316 e. The number of H-pyrrole nitrogens is 1. The number of aromatic nitrogens is 1. The lowest BCUT2D eigenvalue weighted by Gasteiger charge is -2.09. The van der Waals surface area contributed by atoms with Crippen LogP contribution in [0.5, 0.6) is 0 Å². The van der Waals surface area contributed by atoms with Crippen LogP contribution in [0.1, 0.15) is 21.6 Å². The van der Waals surface area contributed by atoms with Crippen molar-refractivity contribution in [1.82, 2.24) is 15.2 Å². The molecule has 1 aliphatic heterocycles. The van der Waals surface area contributed by atoms with E-state index in [4.69, 9.17) is 5.73 Å². The molecule has 0 aliphatic carbocycles. The molecular formula is C19H22N6O2. The second kappa shape index (κ2) is 7.88. The third-order valence-corrected chi connectivity index (χ3v) is 4.04. The molecule has 27 heavy (non-hydrogen) atoms. The molecule has 1 aromatic heterocycles. The van der Waals surface area contributed by atoms with Crippen molar-refractivity contribution in [3.8, 4) is 0 Å². The van der Waals surface area contributed by atoms with Crippen molar-refractivity contribution >= 4 is 41.2 Å². The topological polar surface area (TPSA) is 116 Å². The quantitative estimate of drug-likeness (QED) is 0.627. The molecule has 0 bridgehead atoms. The van der Waals surface area contributed by atoms with E-state index in [9.17, 15) is 9.59 Å². The van der Waals surface area contributed by atoms with Crippen molar-refractivity contribution in [3.05, 3.63) is 47.3 Å². The second-order valence-corrected chi connectivity index (χ2v) is 6.48. The number of nitrogens with zero attached hydrogens (tertiary/aromatic N) is 2. The first-order valence-electron chi connectivity index (χ1n) is 8.50. The number of rotatable bonds is 6. The molecule has 2 heterocycles. The minimum absolute atomic E-state index is 0.119. The zero-order chi connectivity index (χ0) is 19.4. The van der Waals surface area contributed by atoms with E-state index < -0.39 is 6.03 Å². The number of nitrogens with two attached hydrogens (primary N) is 1. The Balaban J connectivity index is 1.74. The normalized spacial score (nSPS) is 13.8. The molecule has 8 nitrogen and oxygen atoms in total. The van der Waals surface area contributed by atoms with E-state index >= 15 is 0 Å². The highest BCUT2D eigenvalue weighted by Crippen LogP contribution is 2.34. The van der Waals surface area contributed by atoms with Gasteiger partial charge in [0.15, 0.2) is 0 Å². The van der Waals surface area contributed by atoms with Gasteiger partial charge in [0.25, 0.3) is 5.91 Å². The van der Waals surface area contributed by atoms with Crippen LogP contribution < -0.4 is 16.4 Å². The fraction of sp³-hybridized carbons (Fsp3) is 0.211. The Hall–Kier alpha value is -3.39. The van der Waals surface area contributed by atoms with Gasteiger partial charge in [-0.15, -0.1) is 0 Å². The van der Waals surface area contributed by atoms with Gasteiger partial charge in [0.2, 0.25) is 0 Å². The zero-order valence-corrected chi connectivity index (χ0v) is 15.2. The molecule has 0 radical (unpaired) electrons. The number of fused-ring (bicyclic) bond motifs is 1. The van der Waals surface area contributed by atoms with E-state index in [0.717, 1.165) is 29.1 Å². The summed E-state index contributed by atoms with van der Waals surface area (Å²) >= 11 is 0. The van der Waals surface area contributed by atoms with Crippen LogP contribution in [0.4, 0.5) is 16.2 Å². The van der Waals surface area contributed by atoms with Crippen LogP contribution in [0.2, 0.25) is 0 Å². The summed E-state index contributed by atoms with van der Waals surface area (Å²) in [5, 5.41) is 5.44. The van der Waals surface area contributed by atoms with Gasteiger partial charge in [-0.1, -0.05) is 0 Å². The predicted octanol–water partition coefficient (Wildman–Crippen LogP) is 2.05. The lowest BCUT2D eigenvalue weighted by Crippen LogP contribution is -2.31. The molecule has 0 spiro atoms. The number of amides is 3. The Morgan fingerprint density at radius 1 is 1.30 bits per heavy atom. The first-order valence-corrected chi connectivity index (χ1v) is 8.50. The summed E-state index contributed by atoms with van der Waals surface area (Å²) in [5.74, 6) is -0.119. The van der Waals surface area contributed by atoms with Gasteiger partial charge >= 0.3 is 6.03 Å². The zero-order valence-electron chi connectivity index (χ0n) is 15.2. The first kappa shape index (κ1) is 18.4. The van der Waals surface area contributed by atoms with Crippen molar-refractivity contribution in [3.63, 3.8) is 0 Å². The molecule has 3 rings (SSSR count). The molecule has 0 saturated heterocycles. The fourth-order valence-electron chi connectivity index (χ4n) is 2.71. The average molecular weight is 366 g/mol. The van der Waals surface area contributed by atoms with Crippen molar-refractivity contribution in [2.24, 2.45) is 10.7 Å².